The van der Waals surface area contributed by atoms with E-state index in [1.807, 2.05) is 26.0 Å². The highest BCUT2D eigenvalue weighted by molar-refractivity contribution is 6.34. The van der Waals surface area contributed by atoms with Crippen molar-refractivity contribution in [1.29, 1.82) is 0 Å². The van der Waals surface area contributed by atoms with Crippen molar-refractivity contribution in [2.45, 2.75) is 26.7 Å². The molecule has 1 aliphatic rings. The zero-order valence-electron chi connectivity index (χ0n) is 14.6. The van der Waals surface area contributed by atoms with Gasteiger partial charge in [-0.1, -0.05) is 17.7 Å². The fourth-order valence-electron chi connectivity index (χ4n) is 3.15. The van der Waals surface area contributed by atoms with Crippen molar-refractivity contribution in [2.75, 3.05) is 25.2 Å². The monoisotopic (exact) mass is 360 g/mol. The maximum absolute atomic E-state index is 13.2. The number of methoxy groups -OCH3 is 1. The van der Waals surface area contributed by atoms with Crippen molar-refractivity contribution in [1.82, 2.24) is 4.98 Å². The first kappa shape index (κ1) is 17.5. The fraction of sp³-hybridized carbons (Fsp3) is 0.368. The Morgan fingerprint density at radius 2 is 2.12 bits per heavy atom. The van der Waals surface area contributed by atoms with Crippen molar-refractivity contribution in [3.05, 3.63) is 46.1 Å². The van der Waals surface area contributed by atoms with E-state index >= 15 is 0 Å². The summed E-state index contributed by atoms with van der Waals surface area (Å²) in [6, 6.07) is 7.22. The number of pyridine rings is 1. The Kier molecular flexibility index (Phi) is 5.13. The number of hydrogen-bond acceptors (Lipinski definition) is 4. The molecule has 5 nitrogen and oxygen atoms in total. The van der Waals surface area contributed by atoms with Crippen LogP contribution in [0.1, 0.15) is 35.0 Å². The van der Waals surface area contributed by atoms with Gasteiger partial charge < -0.3 is 14.4 Å². The third kappa shape index (κ3) is 3.29. The van der Waals surface area contributed by atoms with Crippen LogP contribution >= 0.6 is 11.6 Å². The number of amides is 1. The van der Waals surface area contributed by atoms with Crippen LogP contribution in [0.3, 0.4) is 0 Å². The summed E-state index contributed by atoms with van der Waals surface area (Å²) in [4.78, 5) is 19.2. The molecule has 0 saturated heterocycles. The standard InChI is InChI=1S/C19H21ClN2O3/c1-4-25-16-10-8-14(20)17(21-16)19(23)22-11-5-6-13-12(2)7-9-15(24-3)18(13)22/h7-10H,4-6,11H2,1-3H3. The number of carbonyl (C=O) groups is 1. The predicted molar refractivity (Wildman–Crippen MR) is 98.1 cm³/mol. The minimum atomic E-state index is -0.239. The van der Waals surface area contributed by atoms with E-state index in [9.17, 15) is 4.79 Å². The van der Waals surface area contributed by atoms with Crippen LogP contribution in [-0.2, 0) is 6.42 Å². The molecule has 0 unspecified atom stereocenters. The number of nitrogens with zero attached hydrogens (tertiary/aromatic N) is 2. The quantitative estimate of drug-likeness (QED) is 0.825. The van der Waals surface area contributed by atoms with E-state index in [0.29, 0.717) is 29.8 Å². The molecule has 1 amide bonds. The van der Waals surface area contributed by atoms with Gasteiger partial charge in [-0.2, -0.15) is 0 Å². The Hall–Kier alpha value is -2.27. The number of hydrogen-bond donors (Lipinski definition) is 0. The highest BCUT2D eigenvalue weighted by atomic mass is 35.5. The Bertz CT molecular complexity index is 807. The van der Waals surface area contributed by atoms with Crippen LogP contribution in [0.2, 0.25) is 5.02 Å². The molecule has 132 valence electrons. The Morgan fingerprint density at radius 3 is 2.84 bits per heavy atom. The van der Waals surface area contributed by atoms with Crippen molar-refractivity contribution >= 4 is 23.2 Å². The van der Waals surface area contributed by atoms with Gasteiger partial charge in [0.25, 0.3) is 5.91 Å². The van der Waals surface area contributed by atoms with Gasteiger partial charge >= 0.3 is 0 Å². The number of anilines is 1. The number of fused-ring (bicyclic) bond motifs is 1. The van der Waals surface area contributed by atoms with E-state index in [0.717, 1.165) is 29.7 Å². The first-order valence-corrected chi connectivity index (χ1v) is 8.72. The van der Waals surface area contributed by atoms with Crippen molar-refractivity contribution in [3.8, 4) is 11.6 Å². The van der Waals surface area contributed by atoms with Crippen molar-refractivity contribution < 1.29 is 14.3 Å². The van der Waals surface area contributed by atoms with Gasteiger partial charge in [-0.25, -0.2) is 4.98 Å². The van der Waals surface area contributed by atoms with Gasteiger partial charge in [0.15, 0.2) is 5.69 Å². The minimum Gasteiger partial charge on any atom is -0.495 e. The highest BCUT2D eigenvalue weighted by Gasteiger charge is 2.30. The maximum Gasteiger partial charge on any atom is 0.278 e. The van der Waals surface area contributed by atoms with Gasteiger partial charge in [-0.15, -0.1) is 0 Å². The summed E-state index contributed by atoms with van der Waals surface area (Å²) < 4.78 is 10.9. The van der Waals surface area contributed by atoms with Gasteiger partial charge in [-0.05, 0) is 49.9 Å². The number of aryl methyl sites for hydroxylation is 1. The normalized spacial score (nSPS) is 13.4. The lowest BCUT2D eigenvalue weighted by Gasteiger charge is -2.32. The zero-order chi connectivity index (χ0) is 18.0. The molecule has 0 fully saturated rings. The molecule has 25 heavy (non-hydrogen) atoms. The van der Waals surface area contributed by atoms with E-state index in [4.69, 9.17) is 21.1 Å². The molecule has 0 aliphatic carbocycles. The second kappa shape index (κ2) is 7.31. The van der Waals surface area contributed by atoms with E-state index in [1.54, 1.807) is 24.1 Å². The maximum atomic E-state index is 13.2. The second-order valence-corrected chi connectivity index (χ2v) is 6.29. The number of carbonyl (C=O) groups excluding carboxylic acids is 1. The molecule has 1 aromatic carbocycles. The van der Waals surface area contributed by atoms with Crippen LogP contribution in [0.25, 0.3) is 0 Å². The fourth-order valence-corrected chi connectivity index (χ4v) is 3.34. The smallest absolute Gasteiger partial charge is 0.278 e. The van der Waals surface area contributed by atoms with Crippen molar-refractivity contribution in [3.63, 3.8) is 0 Å². The molecule has 2 aromatic rings. The molecule has 0 bridgehead atoms. The van der Waals surface area contributed by atoms with E-state index in [2.05, 4.69) is 4.98 Å². The molecule has 0 radical (unpaired) electrons. The Labute approximate surface area is 152 Å². The number of ether oxygens (including phenoxy) is 2. The van der Waals surface area contributed by atoms with Crippen LogP contribution < -0.4 is 14.4 Å². The van der Waals surface area contributed by atoms with Gasteiger partial charge in [0, 0.05) is 12.6 Å². The van der Waals surface area contributed by atoms with Crippen LogP contribution in [0, 0.1) is 6.92 Å². The van der Waals surface area contributed by atoms with E-state index < -0.39 is 0 Å². The lowest BCUT2D eigenvalue weighted by Crippen LogP contribution is -2.36. The van der Waals surface area contributed by atoms with E-state index in [-0.39, 0.29) is 11.6 Å². The molecule has 1 aromatic heterocycles. The van der Waals surface area contributed by atoms with Crippen molar-refractivity contribution in [2.24, 2.45) is 0 Å². The molecule has 3 rings (SSSR count). The van der Waals surface area contributed by atoms with Gasteiger partial charge in [-0.3, -0.25) is 4.79 Å². The predicted octanol–water partition coefficient (Wildman–Crippen LogP) is 4.04. The number of rotatable bonds is 4. The minimum absolute atomic E-state index is 0.198. The average Bonchev–Trinajstić information content (AvgIpc) is 2.63. The SMILES string of the molecule is CCOc1ccc(Cl)c(C(=O)N2CCCc3c(C)ccc(OC)c32)n1. The first-order valence-electron chi connectivity index (χ1n) is 8.34. The third-order valence-corrected chi connectivity index (χ3v) is 4.64. The van der Waals surface area contributed by atoms with Crippen LogP contribution in [0.5, 0.6) is 11.6 Å². The molecule has 0 saturated carbocycles. The summed E-state index contributed by atoms with van der Waals surface area (Å²) in [6.45, 7) is 4.99. The lowest BCUT2D eigenvalue weighted by molar-refractivity contribution is 0.0978. The highest BCUT2D eigenvalue weighted by Crippen LogP contribution is 2.39. The molecule has 0 spiro atoms. The Balaban J connectivity index is 2.06. The van der Waals surface area contributed by atoms with Gasteiger partial charge in [0.1, 0.15) is 5.75 Å². The number of aromatic nitrogens is 1. The molecule has 1 aliphatic heterocycles. The molecule has 0 atom stereocenters. The second-order valence-electron chi connectivity index (χ2n) is 5.89. The lowest BCUT2D eigenvalue weighted by atomic mass is 9.96. The molecular formula is C19H21ClN2O3. The zero-order valence-corrected chi connectivity index (χ0v) is 15.4. The van der Waals surface area contributed by atoms with Gasteiger partial charge in [0.05, 0.1) is 24.4 Å². The summed E-state index contributed by atoms with van der Waals surface area (Å²) in [5.74, 6) is 0.839. The summed E-state index contributed by atoms with van der Waals surface area (Å²) in [5, 5.41) is 0.312. The first-order chi connectivity index (χ1) is 12.1. The van der Waals surface area contributed by atoms with Gasteiger partial charge in [0.2, 0.25) is 5.88 Å². The Morgan fingerprint density at radius 1 is 1.32 bits per heavy atom. The molecule has 6 heteroatoms. The summed E-state index contributed by atoms with van der Waals surface area (Å²) in [5.41, 5.74) is 3.30. The number of halogens is 1. The topological polar surface area (TPSA) is 51.7 Å². The average molecular weight is 361 g/mol. The summed E-state index contributed by atoms with van der Waals surface area (Å²) >= 11 is 6.25. The van der Waals surface area contributed by atoms with Crippen LogP contribution in [-0.4, -0.2) is 31.2 Å². The summed E-state index contributed by atoms with van der Waals surface area (Å²) in [7, 11) is 1.61. The summed E-state index contributed by atoms with van der Waals surface area (Å²) in [6.07, 6.45) is 1.80. The molecule has 2 heterocycles. The van der Waals surface area contributed by atoms with E-state index in [1.165, 1.54) is 0 Å². The molecule has 0 N–H and O–H groups in total. The van der Waals surface area contributed by atoms with Crippen LogP contribution in [0.15, 0.2) is 24.3 Å². The third-order valence-electron chi connectivity index (χ3n) is 4.34. The largest absolute Gasteiger partial charge is 0.495 e. The number of benzene rings is 1. The van der Waals surface area contributed by atoms with Crippen LogP contribution in [0.4, 0.5) is 5.69 Å². The molecular weight excluding hydrogens is 340 g/mol.